The SMILES string of the molecule is O=c1[nH]c(-c2ccccc2)nc2nc3ccccc3[n+]([O-])c12. The van der Waals surface area contributed by atoms with E-state index in [1.165, 1.54) is 0 Å². The summed E-state index contributed by atoms with van der Waals surface area (Å²) in [5.41, 5.74) is 1.15. The minimum absolute atomic E-state index is 0.0848. The molecule has 0 saturated carbocycles. The Morgan fingerprint density at radius 2 is 1.68 bits per heavy atom. The van der Waals surface area contributed by atoms with Gasteiger partial charge in [0.1, 0.15) is 11.3 Å². The van der Waals surface area contributed by atoms with Crippen molar-refractivity contribution >= 4 is 22.2 Å². The van der Waals surface area contributed by atoms with E-state index in [1.54, 1.807) is 24.3 Å². The maximum atomic E-state index is 12.4. The summed E-state index contributed by atoms with van der Waals surface area (Å²) in [6, 6.07) is 16.1. The second kappa shape index (κ2) is 4.63. The minimum Gasteiger partial charge on any atom is -0.618 e. The number of H-pyrrole nitrogens is 1. The molecule has 0 aliphatic heterocycles. The molecule has 4 rings (SSSR count). The Hall–Kier alpha value is -3.28. The van der Waals surface area contributed by atoms with Crippen LogP contribution in [0.4, 0.5) is 0 Å². The molecule has 0 spiro atoms. The van der Waals surface area contributed by atoms with Crippen LogP contribution in [0.1, 0.15) is 0 Å². The van der Waals surface area contributed by atoms with Crippen LogP contribution in [0.25, 0.3) is 33.6 Å². The number of nitrogens with one attached hydrogen (secondary N) is 1. The third kappa shape index (κ3) is 1.81. The van der Waals surface area contributed by atoms with Crippen LogP contribution in [0.2, 0.25) is 0 Å². The fourth-order valence-electron chi connectivity index (χ4n) is 2.41. The molecule has 6 nitrogen and oxygen atoms in total. The Morgan fingerprint density at radius 1 is 0.955 bits per heavy atom. The van der Waals surface area contributed by atoms with Crippen molar-refractivity contribution in [3.63, 3.8) is 0 Å². The van der Waals surface area contributed by atoms with Gasteiger partial charge in [0.25, 0.3) is 0 Å². The molecule has 6 heteroatoms. The van der Waals surface area contributed by atoms with E-state index in [9.17, 15) is 10.0 Å². The van der Waals surface area contributed by atoms with Gasteiger partial charge in [-0.05, 0) is 6.07 Å². The van der Waals surface area contributed by atoms with Crippen LogP contribution in [0, 0.1) is 5.21 Å². The zero-order chi connectivity index (χ0) is 15.1. The molecule has 4 aromatic rings. The van der Waals surface area contributed by atoms with Gasteiger partial charge in [0, 0.05) is 11.6 Å². The average Bonchev–Trinajstić information content (AvgIpc) is 2.55. The number of aromatic amines is 1. The molecule has 2 aromatic carbocycles. The lowest BCUT2D eigenvalue weighted by Gasteiger charge is -2.05. The third-order valence-corrected chi connectivity index (χ3v) is 3.45. The highest BCUT2D eigenvalue weighted by Gasteiger charge is 2.18. The summed E-state index contributed by atoms with van der Waals surface area (Å²) in [5.74, 6) is 0.390. The van der Waals surface area contributed by atoms with Gasteiger partial charge < -0.3 is 10.2 Å². The van der Waals surface area contributed by atoms with E-state index in [1.807, 2.05) is 30.3 Å². The van der Waals surface area contributed by atoms with Crippen molar-refractivity contribution in [2.75, 3.05) is 0 Å². The molecule has 0 atom stereocenters. The van der Waals surface area contributed by atoms with E-state index >= 15 is 0 Å². The van der Waals surface area contributed by atoms with E-state index in [0.717, 1.165) is 5.56 Å². The average molecular weight is 290 g/mol. The number of hydrogen-bond donors (Lipinski definition) is 1. The van der Waals surface area contributed by atoms with Crippen molar-refractivity contribution in [2.45, 2.75) is 0 Å². The first-order chi connectivity index (χ1) is 10.7. The second-order valence-electron chi connectivity index (χ2n) is 4.85. The van der Waals surface area contributed by atoms with E-state index in [0.29, 0.717) is 21.6 Å². The van der Waals surface area contributed by atoms with Crippen molar-refractivity contribution in [3.8, 4) is 11.4 Å². The molecule has 0 aliphatic carbocycles. The van der Waals surface area contributed by atoms with Crippen molar-refractivity contribution in [2.24, 2.45) is 0 Å². The summed E-state index contributed by atoms with van der Waals surface area (Å²) in [4.78, 5) is 23.6. The summed E-state index contributed by atoms with van der Waals surface area (Å²) in [6.45, 7) is 0. The summed E-state index contributed by atoms with van der Waals surface area (Å²) in [5, 5.41) is 12.4. The summed E-state index contributed by atoms with van der Waals surface area (Å²) in [6.07, 6.45) is 0. The van der Waals surface area contributed by atoms with Crippen LogP contribution in [0.15, 0.2) is 59.4 Å². The molecule has 0 unspecified atom stereocenters. The topological polar surface area (TPSA) is 85.6 Å². The third-order valence-electron chi connectivity index (χ3n) is 3.45. The molecule has 0 aliphatic rings. The van der Waals surface area contributed by atoms with Crippen LogP contribution >= 0.6 is 0 Å². The number of fused-ring (bicyclic) bond motifs is 2. The number of aromatic nitrogens is 4. The van der Waals surface area contributed by atoms with Gasteiger partial charge in [0.2, 0.25) is 11.2 Å². The highest BCUT2D eigenvalue weighted by molar-refractivity contribution is 5.79. The van der Waals surface area contributed by atoms with Gasteiger partial charge in [0.15, 0.2) is 0 Å². The van der Waals surface area contributed by atoms with E-state index in [2.05, 4.69) is 15.0 Å². The lowest BCUT2D eigenvalue weighted by molar-refractivity contribution is -0.548. The lowest BCUT2D eigenvalue weighted by atomic mass is 10.2. The van der Waals surface area contributed by atoms with Crippen LogP contribution in [-0.4, -0.2) is 15.0 Å². The molecule has 2 heterocycles. The molecule has 0 amide bonds. The Kier molecular flexibility index (Phi) is 2.62. The van der Waals surface area contributed by atoms with Gasteiger partial charge in [-0.3, -0.25) is 4.79 Å². The second-order valence-corrected chi connectivity index (χ2v) is 4.85. The highest BCUT2D eigenvalue weighted by Crippen LogP contribution is 2.15. The fourth-order valence-corrected chi connectivity index (χ4v) is 2.41. The minimum atomic E-state index is -0.503. The molecule has 0 saturated heterocycles. The molecule has 1 N–H and O–H groups in total. The highest BCUT2D eigenvalue weighted by atomic mass is 16.5. The maximum Gasteiger partial charge on any atom is 0.327 e. The number of para-hydroxylation sites is 2. The van der Waals surface area contributed by atoms with Crippen molar-refractivity contribution in [1.82, 2.24) is 15.0 Å². The number of rotatable bonds is 1. The Morgan fingerprint density at radius 3 is 2.50 bits per heavy atom. The zero-order valence-electron chi connectivity index (χ0n) is 11.4. The molecule has 0 fully saturated rings. The van der Waals surface area contributed by atoms with E-state index < -0.39 is 5.56 Å². The van der Waals surface area contributed by atoms with Gasteiger partial charge >= 0.3 is 11.1 Å². The Bertz CT molecular complexity index is 1060. The van der Waals surface area contributed by atoms with Gasteiger partial charge in [-0.15, -0.1) is 0 Å². The smallest absolute Gasteiger partial charge is 0.327 e. The molecular formula is C16H10N4O2. The van der Waals surface area contributed by atoms with Crippen LogP contribution in [0.5, 0.6) is 0 Å². The molecule has 0 bridgehead atoms. The Balaban J connectivity index is 2.11. The number of benzene rings is 2. The van der Waals surface area contributed by atoms with Crippen molar-refractivity contribution < 1.29 is 4.73 Å². The van der Waals surface area contributed by atoms with Crippen LogP contribution in [0.3, 0.4) is 0 Å². The number of hydrogen-bond acceptors (Lipinski definition) is 4. The van der Waals surface area contributed by atoms with Gasteiger partial charge in [-0.2, -0.15) is 4.73 Å². The maximum absolute atomic E-state index is 12.4. The molecule has 0 radical (unpaired) electrons. The standard InChI is InChI=1S/C16H10N4O2/c21-16-13-15(17-11-8-4-5-9-12(11)20(13)22)18-14(19-16)10-6-2-1-3-7-10/h1-9H,(H,17,18,19,21). The van der Waals surface area contributed by atoms with Gasteiger partial charge in [-0.25, -0.2) is 9.97 Å². The summed E-state index contributed by atoms with van der Waals surface area (Å²) < 4.78 is 0.582. The van der Waals surface area contributed by atoms with Gasteiger partial charge in [-0.1, -0.05) is 42.5 Å². The first-order valence-corrected chi connectivity index (χ1v) is 6.72. The van der Waals surface area contributed by atoms with E-state index in [4.69, 9.17) is 0 Å². The lowest BCUT2D eigenvalue weighted by Crippen LogP contribution is -2.35. The monoisotopic (exact) mass is 290 g/mol. The van der Waals surface area contributed by atoms with Crippen LogP contribution < -0.4 is 10.3 Å². The molecule has 106 valence electrons. The molecule has 2 aromatic heterocycles. The van der Waals surface area contributed by atoms with Crippen molar-refractivity contribution in [1.29, 1.82) is 0 Å². The first-order valence-electron chi connectivity index (χ1n) is 6.72. The summed E-state index contributed by atoms with van der Waals surface area (Å²) >= 11 is 0. The molecular weight excluding hydrogens is 280 g/mol. The molecule has 22 heavy (non-hydrogen) atoms. The zero-order valence-corrected chi connectivity index (χ0v) is 11.4. The predicted molar refractivity (Wildman–Crippen MR) is 82.1 cm³/mol. The quantitative estimate of drug-likeness (QED) is 0.329. The fraction of sp³-hybridized carbons (Fsp3) is 0. The van der Waals surface area contributed by atoms with Crippen molar-refractivity contribution in [3.05, 3.63) is 70.2 Å². The number of nitrogens with zero attached hydrogens (tertiary/aromatic N) is 3. The normalized spacial score (nSPS) is 11.1. The van der Waals surface area contributed by atoms with E-state index in [-0.39, 0.29) is 11.2 Å². The largest absolute Gasteiger partial charge is 0.618 e. The summed E-state index contributed by atoms with van der Waals surface area (Å²) in [7, 11) is 0. The van der Waals surface area contributed by atoms with Gasteiger partial charge in [0.05, 0.1) is 0 Å². The first kappa shape index (κ1) is 12.5. The Labute approximate surface area is 124 Å². The predicted octanol–water partition coefficient (Wildman–Crippen LogP) is 1.77. The van der Waals surface area contributed by atoms with Crippen LogP contribution in [-0.2, 0) is 0 Å².